The summed E-state index contributed by atoms with van der Waals surface area (Å²) < 4.78 is 13.2. The number of benzene rings is 2. The van der Waals surface area contributed by atoms with Crippen molar-refractivity contribution in [1.29, 1.82) is 0 Å². The van der Waals surface area contributed by atoms with Crippen LogP contribution in [0.4, 0.5) is 10.1 Å². The molecule has 35 heavy (non-hydrogen) atoms. The van der Waals surface area contributed by atoms with Crippen LogP contribution in [0.5, 0.6) is 0 Å². The molecule has 0 spiro atoms. The number of rotatable bonds is 7. The van der Waals surface area contributed by atoms with Gasteiger partial charge in [-0.15, -0.1) is 21.5 Å². The van der Waals surface area contributed by atoms with Gasteiger partial charge in [0.15, 0.2) is 0 Å². The molecular weight excluding hydrogens is 467 g/mol. The molecule has 0 fully saturated rings. The minimum atomic E-state index is -0.885. The average molecular weight is 493 g/mol. The van der Waals surface area contributed by atoms with E-state index in [2.05, 4.69) is 20.7 Å². The van der Waals surface area contributed by atoms with Crippen molar-refractivity contribution in [2.45, 2.75) is 38.9 Å². The second-order valence-electron chi connectivity index (χ2n) is 8.91. The highest BCUT2D eigenvalue weighted by Crippen LogP contribution is 2.31. The third kappa shape index (κ3) is 5.96. The summed E-state index contributed by atoms with van der Waals surface area (Å²) in [5, 5.41) is 17.1. The summed E-state index contributed by atoms with van der Waals surface area (Å²) in [6.07, 6.45) is 0. The fourth-order valence-corrected chi connectivity index (χ4v) is 4.32. The van der Waals surface area contributed by atoms with Crippen molar-refractivity contribution in [3.05, 3.63) is 82.8 Å². The van der Waals surface area contributed by atoms with Crippen LogP contribution in [0.25, 0.3) is 11.4 Å². The van der Waals surface area contributed by atoms with E-state index in [1.54, 1.807) is 24.3 Å². The normalized spacial score (nSPS) is 12.2. The number of aromatic nitrogens is 4. The van der Waals surface area contributed by atoms with E-state index in [-0.39, 0.29) is 30.0 Å². The molecule has 2 amide bonds. The van der Waals surface area contributed by atoms with Gasteiger partial charge in [-0.2, -0.15) is 4.80 Å². The average Bonchev–Trinajstić information content (AvgIpc) is 3.49. The minimum Gasteiger partial charge on any atom is -0.349 e. The van der Waals surface area contributed by atoms with Crippen molar-refractivity contribution in [3.8, 4) is 11.4 Å². The van der Waals surface area contributed by atoms with Crippen LogP contribution in [0, 0.1) is 5.82 Å². The fraction of sp³-hybridized carbons (Fsp3) is 0.240. The lowest BCUT2D eigenvalue weighted by atomic mass is 10.1. The predicted molar refractivity (Wildman–Crippen MR) is 132 cm³/mol. The summed E-state index contributed by atoms with van der Waals surface area (Å²) in [4.78, 5) is 30.5. The molecule has 180 valence electrons. The number of nitrogens with one attached hydrogen (secondary N) is 1. The molecule has 0 saturated carbocycles. The topological polar surface area (TPSA) is 93.0 Å². The maximum Gasteiger partial charge on any atom is 0.251 e. The van der Waals surface area contributed by atoms with Crippen LogP contribution < -0.4 is 10.2 Å². The van der Waals surface area contributed by atoms with Gasteiger partial charge in [-0.3, -0.25) is 14.5 Å². The van der Waals surface area contributed by atoms with E-state index >= 15 is 0 Å². The van der Waals surface area contributed by atoms with Crippen molar-refractivity contribution in [2.24, 2.45) is 0 Å². The molecule has 8 nitrogen and oxygen atoms in total. The minimum absolute atomic E-state index is 0.242. The molecule has 1 unspecified atom stereocenters. The van der Waals surface area contributed by atoms with Crippen molar-refractivity contribution in [3.63, 3.8) is 0 Å². The van der Waals surface area contributed by atoms with Crippen LogP contribution in [0.2, 0.25) is 0 Å². The summed E-state index contributed by atoms with van der Waals surface area (Å²) >= 11 is 1.40. The first-order chi connectivity index (χ1) is 16.7. The van der Waals surface area contributed by atoms with E-state index in [0.717, 1.165) is 4.88 Å². The van der Waals surface area contributed by atoms with Gasteiger partial charge < -0.3 is 5.32 Å². The van der Waals surface area contributed by atoms with Gasteiger partial charge >= 0.3 is 0 Å². The maximum absolute atomic E-state index is 13.7. The Morgan fingerprint density at radius 3 is 2.40 bits per heavy atom. The zero-order valence-electron chi connectivity index (χ0n) is 19.6. The van der Waals surface area contributed by atoms with Crippen LogP contribution in [0.3, 0.4) is 0 Å². The monoisotopic (exact) mass is 492 g/mol. The second-order valence-corrected chi connectivity index (χ2v) is 9.89. The van der Waals surface area contributed by atoms with Gasteiger partial charge in [0.25, 0.3) is 5.91 Å². The molecule has 0 aliphatic heterocycles. The molecule has 2 aromatic heterocycles. The third-order valence-electron chi connectivity index (χ3n) is 4.95. The lowest BCUT2D eigenvalue weighted by Crippen LogP contribution is -2.50. The number of tetrazole rings is 1. The van der Waals surface area contributed by atoms with Gasteiger partial charge in [0.05, 0.1) is 0 Å². The number of anilines is 1. The van der Waals surface area contributed by atoms with Crippen LogP contribution in [-0.2, 0) is 16.1 Å². The third-order valence-corrected chi connectivity index (χ3v) is 5.88. The van der Waals surface area contributed by atoms with Gasteiger partial charge in [0, 0.05) is 21.7 Å². The number of hydrogen-bond acceptors (Lipinski definition) is 6. The van der Waals surface area contributed by atoms with Crippen LogP contribution in [0.1, 0.15) is 31.7 Å². The summed E-state index contributed by atoms with van der Waals surface area (Å²) in [5.41, 5.74) is 0.653. The molecular formula is C25H25FN6O2S. The number of para-hydroxylation sites is 1. The number of carbonyl (C=O) groups excluding carboxylic acids is 2. The van der Waals surface area contributed by atoms with E-state index in [1.165, 1.54) is 33.2 Å². The van der Waals surface area contributed by atoms with E-state index in [9.17, 15) is 14.0 Å². The maximum atomic E-state index is 13.7. The number of nitrogens with zero attached hydrogens (tertiary/aromatic N) is 5. The molecule has 0 bridgehead atoms. The number of carbonyl (C=O) groups is 2. The zero-order chi connectivity index (χ0) is 25.0. The highest BCUT2D eigenvalue weighted by atomic mass is 32.1. The summed E-state index contributed by atoms with van der Waals surface area (Å²) in [5.74, 6) is -0.787. The molecule has 2 aromatic carbocycles. The first-order valence-electron chi connectivity index (χ1n) is 11.0. The molecule has 10 heteroatoms. The quantitative estimate of drug-likeness (QED) is 0.417. The van der Waals surface area contributed by atoms with Gasteiger partial charge in [-0.1, -0.05) is 24.3 Å². The molecule has 1 N–H and O–H groups in total. The van der Waals surface area contributed by atoms with Gasteiger partial charge in [-0.05, 0) is 73.8 Å². The smallest absolute Gasteiger partial charge is 0.251 e. The molecule has 0 aliphatic carbocycles. The number of thiophene rings is 1. The van der Waals surface area contributed by atoms with Gasteiger partial charge in [-0.25, -0.2) is 4.39 Å². The molecule has 2 heterocycles. The molecule has 4 aromatic rings. The first-order valence-corrected chi connectivity index (χ1v) is 11.9. The van der Waals surface area contributed by atoms with Gasteiger partial charge in [0.1, 0.15) is 18.4 Å². The van der Waals surface area contributed by atoms with Crippen molar-refractivity contribution < 1.29 is 14.0 Å². The van der Waals surface area contributed by atoms with Crippen LogP contribution in [0.15, 0.2) is 72.1 Å². The Balaban J connectivity index is 1.67. The van der Waals surface area contributed by atoms with E-state index < -0.39 is 11.6 Å². The Labute approximate surface area is 206 Å². The largest absolute Gasteiger partial charge is 0.349 e. The lowest BCUT2D eigenvalue weighted by molar-refractivity contribution is -0.128. The Kier molecular flexibility index (Phi) is 7.02. The van der Waals surface area contributed by atoms with Crippen molar-refractivity contribution in [1.82, 2.24) is 25.5 Å². The Hall–Kier alpha value is -3.92. The van der Waals surface area contributed by atoms with E-state index in [0.29, 0.717) is 11.3 Å². The molecule has 0 radical (unpaired) electrons. The number of hydrogen-bond donors (Lipinski definition) is 1. The molecule has 4 rings (SSSR count). The number of halogens is 1. The van der Waals surface area contributed by atoms with E-state index in [4.69, 9.17) is 0 Å². The summed E-state index contributed by atoms with van der Waals surface area (Å²) in [7, 11) is 0. The Bertz CT molecular complexity index is 1280. The number of amides is 2. The molecule has 0 saturated heterocycles. The van der Waals surface area contributed by atoms with Crippen LogP contribution >= 0.6 is 11.3 Å². The molecule has 0 aliphatic rings. The zero-order valence-corrected chi connectivity index (χ0v) is 20.4. The summed E-state index contributed by atoms with van der Waals surface area (Å²) in [6, 6.07) is 17.5. The summed E-state index contributed by atoms with van der Waals surface area (Å²) in [6.45, 7) is 5.43. The Morgan fingerprint density at radius 1 is 1.06 bits per heavy atom. The van der Waals surface area contributed by atoms with Crippen molar-refractivity contribution in [2.75, 3.05) is 4.90 Å². The second kappa shape index (κ2) is 10.1. The first kappa shape index (κ1) is 24.2. The standard InChI is InChI=1S/C25H25FN6O2S/c1-25(2,3)27-24(34)22(20-10-7-15-35-20)32(19-8-5-4-6-9-19)21(33)16-31-29-23(28-30-31)17-11-13-18(26)14-12-17/h4-15,22H,16H2,1-3H3,(H,27,34). The van der Waals surface area contributed by atoms with Crippen LogP contribution in [-0.4, -0.2) is 37.6 Å². The highest BCUT2D eigenvalue weighted by molar-refractivity contribution is 7.10. The van der Waals surface area contributed by atoms with Crippen molar-refractivity contribution >= 4 is 28.8 Å². The predicted octanol–water partition coefficient (Wildman–Crippen LogP) is 4.23. The highest BCUT2D eigenvalue weighted by Gasteiger charge is 2.35. The molecule has 1 atom stereocenters. The Morgan fingerprint density at radius 2 is 1.77 bits per heavy atom. The lowest BCUT2D eigenvalue weighted by Gasteiger charge is -2.32. The van der Waals surface area contributed by atoms with Gasteiger partial charge in [0.2, 0.25) is 11.7 Å². The fourth-order valence-electron chi connectivity index (χ4n) is 3.51. The van der Waals surface area contributed by atoms with E-state index in [1.807, 2.05) is 56.5 Å². The SMILES string of the molecule is CC(C)(C)NC(=O)C(c1cccs1)N(C(=O)Cn1nnc(-c2ccc(F)cc2)n1)c1ccccc1.